The Hall–Kier alpha value is -3.35. The largest absolute Gasteiger partial charge is 0.486 e. The smallest absolute Gasteiger partial charge is 0.255 e. The standard InChI is InChI=1S/C18H16N4O3/c23-18(20-10-13-3-1-2-6-19-13)14-11-21-22-17(14)12-4-5-15-16(9-12)25-8-7-24-15/h1-6,9,11H,7-8,10H2,(H,20,23)(H,21,22). The topological polar surface area (TPSA) is 89.1 Å². The molecular formula is C18H16N4O3. The van der Waals surface area contributed by atoms with Gasteiger partial charge in [0.15, 0.2) is 11.5 Å². The van der Waals surface area contributed by atoms with Gasteiger partial charge in [0, 0.05) is 11.8 Å². The molecule has 0 unspecified atom stereocenters. The van der Waals surface area contributed by atoms with E-state index in [0.717, 1.165) is 11.3 Å². The van der Waals surface area contributed by atoms with E-state index in [4.69, 9.17) is 9.47 Å². The van der Waals surface area contributed by atoms with Crippen molar-refractivity contribution in [2.75, 3.05) is 13.2 Å². The van der Waals surface area contributed by atoms with Gasteiger partial charge < -0.3 is 14.8 Å². The Balaban J connectivity index is 1.55. The highest BCUT2D eigenvalue weighted by atomic mass is 16.6. The Morgan fingerprint density at radius 1 is 1.16 bits per heavy atom. The van der Waals surface area contributed by atoms with Crippen LogP contribution in [0.3, 0.4) is 0 Å². The zero-order valence-electron chi connectivity index (χ0n) is 13.4. The van der Waals surface area contributed by atoms with Gasteiger partial charge in [0.25, 0.3) is 5.91 Å². The molecule has 2 aromatic heterocycles. The summed E-state index contributed by atoms with van der Waals surface area (Å²) in [6.45, 7) is 1.40. The maximum absolute atomic E-state index is 12.5. The Morgan fingerprint density at radius 2 is 2.04 bits per heavy atom. The molecule has 0 saturated heterocycles. The summed E-state index contributed by atoms with van der Waals surface area (Å²) in [5, 5.41) is 9.75. The van der Waals surface area contributed by atoms with Crippen LogP contribution < -0.4 is 14.8 Å². The van der Waals surface area contributed by atoms with Gasteiger partial charge in [-0.1, -0.05) is 6.07 Å². The Kier molecular flexibility index (Phi) is 4.04. The third-order valence-electron chi connectivity index (χ3n) is 3.87. The van der Waals surface area contributed by atoms with Gasteiger partial charge >= 0.3 is 0 Å². The van der Waals surface area contributed by atoms with Crippen molar-refractivity contribution in [2.45, 2.75) is 6.54 Å². The normalized spacial score (nSPS) is 12.6. The van der Waals surface area contributed by atoms with E-state index in [1.54, 1.807) is 6.20 Å². The van der Waals surface area contributed by atoms with E-state index in [1.165, 1.54) is 6.20 Å². The summed E-state index contributed by atoms with van der Waals surface area (Å²) in [6, 6.07) is 11.1. The number of amides is 1. The van der Waals surface area contributed by atoms with Crippen LogP contribution in [0, 0.1) is 0 Å². The van der Waals surface area contributed by atoms with E-state index in [-0.39, 0.29) is 5.91 Å². The number of rotatable bonds is 4. The lowest BCUT2D eigenvalue weighted by Gasteiger charge is -2.18. The second-order valence-corrected chi connectivity index (χ2v) is 5.52. The van der Waals surface area contributed by atoms with Crippen molar-refractivity contribution in [1.82, 2.24) is 20.5 Å². The lowest BCUT2D eigenvalue weighted by atomic mass is 10.1. The van der Waals surface area contributed by atoms with Gasteiger partial charge in [-0.2, -0.15) is 5.10 Å². The van der Waals surface area contributed by atoms with Crippen LogP contribution in [0.15, 0.2) is 48.8 Å². The summed E-state index contributed by atoms with van der Waals surface area (Å²) in [7, 11) is 0. The fraction of sp³-hybridized carbons (Fsp3) is 0.167. The number of ether oxygens (including phenoxy) is 2. The molecule has 7 nitrogen and oxygen atoms in total. The van der Waals surface area contributed by atoms with Crippen LogP contribution in [-0.2, 0) is 6.54 Å². The number of fused-ring (bicyclic) bond motifs is 1. The molecule has 1 aliphatic heterocycles. The lowest BCUT2D eigenvalue weighted by molar-refractivity contribution is 0.0951. The van der Waals surface area contributed by atoms with Gasteiger partial charge in [-0.25, -0.2) is 0 Å². The maximum Gasteiger partial charge on any atom is 0.255 e. The maximum atomic E-state index is 12.5. The predicted octanol–water partition coefficient (Wildman–Crippen LogP) is 2.17. The molecule has 25 heavy (non-hydrogen) atoms. The molecule has 3 aromatic rings. The fourth-order valence-corrected chi connectivity index (χ4v) is 2.65. The molecule has 0 spiro atoms. The van der Waals surface area contributed by atoms with Crippen LogP contribution >= 0.6 is 0 Å². The number of carbonyl (C=O) groups excluding carboxylic acids is 1. The highest BCUT2D eigenvalue weighted by Gasteiger charge is 2.18. The van der Waals surface area contributed by atoms with Crippen molar-refractivity contribution in [2.24, 2.45) is 0 Å². The van der Waals surface area contributed by atoms with Gasteiger partial charge in [0.1, 0.15) is 13.2 Å². The van der Waals surface area contributed by atoms with E-state index in [2.05, 4.69) is 20.5 Å². The lowest BCUT2D eigenvalue weighted by Crippen LogP contribution is -2.23. The first-order valence-electron chi connectivity index (χ1n) is 7.93. The highest BCUT2D eigenvalue weighted by molar-refractivity contribution is 5.99. The van der Waals surface area contributed by atoms with Crippen molar-refractivity contribution >= 4 is 5.91 Å². The summed E-state index contributed by atoms with van der Waals surface area (Å²) in [6.07, 6.45) is 3.21. The molecule has 0 aliphatic carbocycles. The first-order chi connectivity index (χ1) is 12.3. The summed E-state index contributed by atoms with van der Waals surface area (Å²) < 4.78 is 11.1. The van der Waals surface area contributed by atoms with Crippen molar-refractivity contribution in [1.29, 1.82) is 0 Å². The third-order valence-corrected chi connectivity index (χ3v) is 3.87. The molecule has 0 saturated carbocycles. The number of aromatic amines is 1. The second kappa shape index (κ2) is 6.64. The molecule has 126 valence electrons. The van der Waals surface area contributed by atoms with Crippen LogP contribution in [0.25, 0.3) is 11.3 Å². The van der Waals surface area contributed by atoms with E-state index >= 15 is 0 Å². The average molecular weight is 336 g/mol. The number of H-pyrrole nitrogens is 1. The average Bonchev–Trinajstić information content (AvgIpc) is 3.16. The number of pyridine rings is 1. The molecule has 3 heterocycles. The second-order valence-electron chi connectivity index (χ2n) is 5.52. The zero-order chi connectivity index (χ0) is 17.1. The number of hydrogen-bond donors (Lipinski definition) is 2. The monoisotopic (exact) mass is 336 g/mol. The van der Waals surface area contributed by atoms with Gasteiger partial charge in [-0.15, -0.1) is 0 Å². The number of nitrogens with zero attached hydrogens (tertiary/aromatic N) is 2. The van der Waals surface area contributed by atoms with E-state index in [0.29, 0.717) is 42.5 Å². The third kappa shape index (κ3) is 3.16. The number of hydrogen-bond acceptors (Lipinski definition) is 5. The first-order valence-corrected chi connectivity index (χ1v) is 7.93. The summed E-state index contributed by atoms with van der Waals surface area (Å²) in [4.78, 5) is 16.7. The number of nitrogens with one attached hydrogen (secondary N) is 2. The SMILES string of the molecule is O=C(NCc1ccccn1)c1cn[nH]c1-c1ccc2c(c1)OCCO2. The first kappa shape index (κ1) is 15.2. The number of carbonyl (C=O) groups is 1. The zero-order valence-corrected chi connectivity index (χ0v) is 13.4. The minimum atomic E-state index is -0.218. The molecular weight excluding hydrogens is 320 g/mol. The molecule has 0 fully saturated rings. The van der Waals surface area contributed by atoms with Crippen molar-refractivity contribution in [3.63, 3.8) is 0 Å². The van der Waals surface area contributed by atoms with Crippen LogP contribution in [0.1, 0.15) is 16.1 Å². The molecule has 0 radical (unpaired) electrons. The Morgan fingerprint density at radius 3 is 2.88 bits per heavy atom. The van der Waals surface area contributed by atoms with Crippen molar-refractivity contribution < 1.29 is 14.3 Å². The number of benzene rings is 1. The van der Waals surface area contributed by atoms with Crippen LogP contribution in [0.4, 0.5) is 0 Å². The van der Waals surface area contributed by atoms with Gasteiger partial charge in [0.2, 0.25) is 0 Å². The van der Waals surface area contributed by atoms with E-state index in [1.807, 2.05) is 36.4 Å². The Bertz CT molecular complexity index is 892. The van der Waals surface area contributed by atoms with Crippen LogP contribution in [0.5, 0.6) is 11.5 Å². The van der Waals surface area contributed by atoms with Crippen molar-refractivity contribution in [3.8, 4) is 22.8 Å². The molecule has 0 atom stereocenters. The molecule has 2 N–H and O–H groups in total. The predicted molar refractivity (Wildman–Crippen MR) is 90.4 cm³/mol. The van der Waals surface area contributed by atoms with Gasteiger partial charge in [0.05, 0.1) is 29.7 Å². The number of aromatic nitrogens is 3. The van der Waals surface area contributed by atoms with Gasteiger partial charge in [-0.05, 0) is 30.3 Å². The van der Waals surface area contributed by atoms with Crippen molar-refractivity contribution in [3.05, 3.63) is 60.0 Å². The van der Waals surface area contributed by atoms with E-state index in [9.17, 15) is 4.79 Å². The van der Waals surface area contributed by atoms with Gasteiger partial charge in [-0.3, -0.25) is 14.9 Å². The highest BCUT2D eigenvalue weighted by Crippen LogP contribution is 2.34. The minimum absolute atomic E-state index is 0.218. The quantitative estimate of drug-likeness (QED) is 0.762. The fourth-order valence-electron chi connectivity index (χ4n) is 2.65. The van der Waals surface area contributed by atoms with E-state index < -0.39 is 0 Å². The summed E-state index contributed by atoms with van der Waals surface area (Å²) in [5.41, 5.74) is 2.70. The molecule has 1 amide bonds. The molecule has 4 rings (SSSR count). The summed E-state index contributed by atoms with van der Waals surface area (Å²) >= 11 is 0. The summed E-state index contributed by atoms with van der Waals surface area (Å²) in [5.74, 6) is 1.15. The molecule has 7 heteroatoms. The van der Waals surface area contributed by atoms with Crippen LogP contribution in [0.2, 0.25) is 0 Å². The molecule has 1 aromatic carbocycles. The molecule has 1 aliphatic rings. The molecule has 0 bridgehead atoms. The van der Waals surface area contributed by atoms with Crippen LogP contribution in [-0.4, -0.2) is 34.3 Å². The minimum Gasteiger partial charge on any atom is -0.486 e. The Labute approximate surface area is 144 Å².